The van der Waals surface area contributed by atoms with Crippen molar-refractivity contribution < 1.29 is 9.52 Å². The molecule has 0 aliphatic rings. The van der Waals surface area contributed by atoms with Crippen LogP contribution < -0.4 is 5.36 Å². The van der Waals surface area contributed by atoms with Crippen molar-refractivity contribution in [2.45, 2.75) is 0 Å². The van der Waals surface area contributed by atoms with Gasteiger partial charge in [0.2, 0.25) is 0 Å². The molecule has 3 aromatic rings. The van der Waals surface area contributed by atoms with E-state index >= 15 is 0 Å². The lowest BCUT2D eigenvalue weighted by Crippen LogP contribution is -2.00. The van der Waals surface area contributed by atoms with Crippen LogP contribution >= 0.6 is 0 Å². The zero-order chi connectivity index (χ0) is 12.5. The SMILES string of the molecule is N=c1cc(-c2ccccc2)oc2cc(O)ccc12. The van der Waals surface area contributed by atoms with Gasteiger partial charge in [0.15, 0.2) is 0 Å². The molecule has 0 saturated carbocycles. The first-order valence-corrected chi connectivity index (χ1v) is 5.61. The number of hydrogen-bond acceptors (Lipinski definition) is 3. The molecule has 0 aliphatic carbocycles. The second-order valence-corrected chi connectivity index (χ2v) is 4.07. The predicted molar refractivity (Wildman–Crippen MR) is 69.2 cm³/mol. The summed E-state index contributed by atoms with van der Waals surface area (Å²) in [7, 11) is 0. The van der Waals surface area contributed by atoms with Gasteiger partial charge in [-0.3, -0.25) is 5.41 Å². The Labute approximate surface area is 103 Å². The first-order chi connectivity index (χ1) is 8.74. The van der Waals surface area contributed by atoms with E-state index < -0.39 is 0 Å². The van der Waals surface area contributed by atoms with Gasteiger partial charge in [0.05, 0.1) is 5.36 Å². The Morgan fingerprint density at radius 3 is 2.50 bits per heavy atom. The second-order valence-electron chi connectivity index (χ2n) is 4.07. The van der Waals surface area contributed by atoms with Gasteiger partial charge < -0.3 is 9.52 Å². The van der Waals surface area contributed by atoms with E-state index in [1.807, 2.05) is 30.3 Å². The van der Waals surface area contributed by atoms with E-state index in [9.17, 15) is 5.11 Å². The molecule has 0 radical (unpaired) electrons. The topological polar surface area (TPSA) is 57.2 Å². The van der Waals surface area contributed by atoms with Crippen LogP contribution in [0, 0.1) is 5.41 Å². The van der Waals surface area contributed by atoms with E-state index in [2.05, 4.69) is 0 Å². The molecule has 0 atom stereocenters. The quantitative estimate of drug-likeness (QED) is 0.682. The van der Waals surface area contributed by atoms with Crippen LogP contribution in [0.5, 0.6) is 5.75 Å². The van der Waals surface area contributed by atoms with E-state index in [4.69, 9.17) is 9.83 Å². The van der Waals surface area contributed by atoms with Crippen LogP contribution in [0.3, 0.4) is 0 Å². The fourth-order valence-electron chi connectivity index (χ4n) is 1.92. The Kier molecular flexibility index (Phi) is 2.38. The lowest BCUT2D eigenvalue weighted by Gasteiger charge is -2.04. The van der Waals surface area contributed by atoms with Crippen LogP contribution in [0.2, 0.25) is 0 Å². The molecule has 0 amide bonds. The average molecular weight is 237 g/mol. The van der Waals surface area contributed by atoms with E-state index in [0.717, 1.165) is 5.56 Å². The summed E-state index contributed by atoms with van der Waals surface area (Å²) in [6.07, 6.45) is 0. The zero-order valence-corrected chi connectivity index (χ0v) is 9.55. The highest BCUT2D eigenvalue weighted by molar-refractivity contribution is 5.79. The van der Waals surface area contributed by atoms with E-state index in [-0.39, 0.29) is 5.75 Å². The fourth-order valence-corrected chi connectivity index (χ4v) is 1.92. The molecule has 3 nitrogen and oxygen atoms in total. The summed E-state index contributed by atoms with van der Waals surface area (Å²) in [5.41, 5.74) is 1.43. The maximum atomic E-state index is 9.46. The number of nitrogens with one attached hydrogen (secondary N) is 1. The number of aromatic hydroxyl groups is 1. The van der Waals surface area contributed by atoms with Crippen molar-refractivity contribution in [2.24, 2.45) is 0 Å². The van der Waals surface area contributed by atoms with Crippen LogP contribution in [0.25, 0.3) is 22.3 Å². The lowest BCUT2D eigenvalue weighted by atomic mass is 10.1. The number of fused-ring (bicyclic) bond motifs is 1. The Morgan fingerprint density at radius 2 is 1.72 bits per heavy atom. The summed E-state index contributed by atoms with van der Waals surface area (Å²) >= 11 is 0. The molecular formula is C15H11NO2. The molecule has 0 spiro atoms. The average Bonchev–Trinajstić information content (AvgIpc) is 2.39. The van der Waals surface area contributed by atoms with Gasteiger partial charge >= 0.3 is 0 Å². The van der Waals surface area contributed by atoms with Crippen LogP contribution in [-0.2, 0) is 0 Å². The lowest BCUT2D eigenvalue weighted by molar-refractivity contribution is 0.474. The largest absolute Gasteiger partial charge is 0.508 e. The third kappa shape index (κ3) is 1.76. The summed E-state index contributed by atoms with van der Waals surface area (Å²) in [5, 5.41) is 18.5. The van der Waals surface area contributed by atoms with Gasteiger partial charge in [0, 0.05) is 23.1 Å². The highest BCUT2D eigenvalue weighted by atomic mass is 16.3. The third-order valence-electron chi connectivity index (χ3n) is 2.81. The Bertz CT molecular complexity index is 760. The van der Waals surface area contributed by atoms with Crippen LogP contribution in [0.15, 0.2) is 59.0 Å². The molecular weight excluding hydrogens is 226 g/mol. The molecule has 0 fully saturated rings. The van der Waals surface area contributed by atoms with Gasteiger partial charge in [-0.1, -0.05) is 30.3 Å². The van der Waals surface area contributed by atoms with Crippen molar-refractivity contribution in [2.75, 3.05) is 0 Å². The van der Waals surface area contributed by atoms with Crippen LogP contribution in [0.4, 0.5) is 0 Å². The normalized spacial score (nSPS) is 10.7. The van der Waals surface area contributed by atoms with Crippen molar-refractivity contribution >= 4 is 11.0 Å². The van der Waals surface area contributed by atoms with Crippen molar-refractivity contribution in [3.63, 3.8) is 0 Å². The molecule has 0 aliphatic heterocycles. The fraction of sp³-hybridized carbons (Fsp3) is 0. The highest BCUT2D eigenvalue weighted by Gasteiger charge is 2.05. The molecule has 2 aromatic carbocycles. The van der Waals surface area contributed by atoms with Crippen LogP contribution in [-0.4, -0.2) is 5.11 Å². The molecule has 3 heteroatoms. The molecule has 0 bridgehead atoms. The first-order valence-electron chi connectivity index (χ1n) is 5.61. The van der Waals surface area contributed by atoms with Crippen molar-refractivity contribution in [3.8, 4) is 17.1 Å². The molecule has 3 rings (SSSR count). The number of phenols is 1. The minimum atomic E-state index is 0.135. The number of hydrogen-bond donors (Lipinski definition) is 2. The predicted octanol–water partition coefficient (Wildman–Crippen LogP) is 3.28. The Hall–Kier alpha value is -2.55. The number of phenolic OH excluding ortho intramolecular Hbond substituents is 1. The summed E-state index contributed by atoms with van der Waals surface area (Å²) in [6, 6.07) is 16.1. The van der Waals surface area contributed by atoms with Gasteiger partial charge in [-0.15, -0.1) is 0 Å². The molecule has 1 heterocycles. The molecule has 0 unspecified atom stereocenters. The summed E-state index contributed by atoms with van der Waals surface area (Å²) < 4.78 is 5.73. The van der Waals surface area contributed by atoms with Gasteiger partial charge in [-0.2, -0.15) is 0 Å². The number of benzene rings is 2. The van der Waals surface area contributed by atoms with E-state index in [0.29, 0.717) is 22.1 Å². The molecule has 2 N–H and O–H groups in total. The maximum absolute atomic E-state index is 9.46. The minimum absolute atomic E-state index is 0.135. The van der Waals surface area contributed by atoms with Gasteiger partial charge in [-0.25, -0.2) is 0 Å². The number of rotatable bonds is 1. The van der Waals surface area contributed by atoms with Crippen molar-refractivity contribution in [1.82, 2.24) is 0 Å². The summed E-state index contributed by atoms with van der Waals surface area (Å²) in [5.74, 6) is 0.759. The van der Waals surface area contributed by atoms with E-state index in [1.165, 1.54) is 6.07 Å². The van der Waals surface area contributed by atoms with Gasteiger partial charge in [-0.05, 0) is 12.1 Å². The second kappa shape index (κ2) is 4.04. The first kappa shape index (κ1) is 10.6. The zero-order valence-electron chi connectivity index (χ0n) is 9.55. The summed E-state index contributed by atoms with van der Waals surface area (Å²) in [4.78, 5) is 0. The monoisotopic (exact) mass is 237 g/mol. The minimum Gasteiger partial charge on any atom is -0.508 e. The maximum Gasteiger partial charge on any atom is 0.140 e. The molecule has 88 valence electrons. The van der Waals surface area contributed by atoms with E-state index in [1.54, 1.807) is 18.2 Å². The highest BCUT2D eigenvalue weighted by Crippen LogP contribution is 2.23. The summed E-state index contributed by atoms with van der Waals surface area (Å²) in [6.45, 7) is 0. The standard InChI is InChI=1S/C15H11NO2/c16-13-9-14(10-4-2-1-3-5-10)18-15-8-11(17)6-7-12(13)15/h1-9,16-17H. The third-order valence-corrected chi connectivity index (χ3v) is 2.81. The van der Waals surface area contributed by atoms with Gasteiger partial charge in [0.1, 0.15) is 17.1 Å². The van der Waals surface area contributed by atoms with Gasteiger partial charge in [0.25, 0.3) is 0 Å². The van der Waals surface area contributed by atoms with Crippen LogP contribution in [0.1, 0.15) is 0 Å². The van der Waals surface area contributed by atoms with Crippen molar-refractivity contribution in [1.29, 1.82) is 5.41 Å². The molecule has 0 saturated heterocycles. The molecule has 1 aromatic heterocycles. The molecule has 18 heavy (non-hydrogen) atoms. The smallest absolute Gasteiger partial charge is 0.140 e. The Morgan fingerprint density at radius 1 is 0.944 bits per heavy atom. The Balaban J connectivity index is 2.30. The van der Waals surface area contributed by atoms with Crippen molar-refractivity contribution in [3.05, 3.63) is 60.0 Å².